The molecule has 0 radical (unpaired) electrons. The molecule has 0 aliphatic carbocycles. The summed E-state index contributed by atoms with van der Waals surface area (Å²) in [6.45, 7) is 3.07. The number of hydrogen-bond donors (Lipinski definition) is 2. The highest BCUT2D eigenvalue weighted by molar-refractivity contribution is 6.31. The number of anilines is 2. The first-order valence-electron chi connectivity index (χ1n) is 6.64. The molecule has 2 rings (SSSR count). The monoisotopic (exact) mass is 297 g/mol. The van der Waals surface area contributed by atoms with Gasteiger partial charge in [-0.3, -0.25) is 9.69 Å². The van der Waals surface area contributed by atoms with Crippen molar-refractivity contribution in [2.24, 2.45) is 0 Å². The van der Waals surface area contributed by atoms with Crippen LogP contribution >= 0.6 is 11.6 Å². The highest BCUT2D eigenvalue weighted by Crippen LogP contribution is 2.23. The maximum atomic E-state index is 12.1. The molecular formula is C14H20ClN3O2. The van der Waals surface area contributed by atoms with Crippen LogP contribution in [0.5, 0.6) is 0 Å². The highest BCUT2D eigenvalue weighted by atomic mass is 35.5. The number of hydrogen-bond acceptors (Lipinski definition) is 4. The van der Waals surface area contributed by atoms with Crippen LogP contribution in [-0.2, 0) is 9.53 Å². The molecule has 6 heteroatoms. The Hall–Kier alpha value is -1.30. The number of carbonyl (C=O) groups excluding carboxylic acids is 1. The molecule has 1 heterocycles. The van der Waals surface area contributed by atoms with Crippen molar-refractivity contribution in [2.45, 2.75) is 25.5 Å². The van der Waals surface area contributed by atoms with E-state index >= 15 is 0 Å². The molecule has 1 amide bonds. The van der Waals surface area contributed by atoms with Gasteiger partial charge in [-0.2, -0.15) is 0 Å². The van der Waals surface area contributed by atoms with Crippen molar-refractivity contribution >= 4 is 28.9 Å². The summed E-state index contributed by atoms with van der Waals surface area (Å²) in [4.78, 5) is 14.1. The molecule has 1 fully saturated rings. The van der Waals surface area contributed by atoms with Gasteiger partial charge in [-0.25, -0.2) is 0 Å². The Morgan fingerprint density at radius 1 is 1.60 bits per heavy atom. The van der Waals surface area contributed by atoms with E-state index in [1.165, 1.54) is 0 Å². The van der Waals surface area contributed by atoms with Crippen LogP contribution in [0, 0.1) is 0 Å². The number of nitrogens with one attached hydrogen (secondary N) is 1. The Labute approximate surface area is 124 Å². The van der Waals surface area contributed by atoms with E-state index in [1.807, 2.05) is 18.9 Å². The molecule has 1 aliphatic heterocycles. The van der Waals surface area contributed by atoms with Crippen molar-refractivity contribution in [1.82, 2.24) is 4.90 Å². The molecule has 1 saturated heterocycles. The van der Waals surface area contributed by atoms with Crippen molar-refractivity contribution in [1.29, 1.82) is 0 Å². The molecule has 0 aromatic heterocycles. The number of nitrogens with two attached hydrogens (primary N) is 1. The zero-order chi connectivity index (χ0) is 14.7. The number of amides is 1. The molecule has 1 aromatic carbocycles. The zero-order valence-electron chi connectivity index (χ0n) is 11.7. The lowest BCUT2D eigenvalue weighted by molar-refractivity contribution is -0.117. The van der Waals surface area contributed by atoms with Crippen molar-refractivity contribution in [3.8, 4) is 0 Å². The molecule has 0 bridgehead atoms. The summed E-state index contributed by atoms with van der Waals surface area (Å²) in [5.41, 5.74) is 6.86. The average molecular weight is 298 g/mol. The number of likely N-dealkylation sites (N-methyl/N-ethyl adjacent to an activating group) is 1. The SMILES string of the molecule is CC1OCCC1N(C)CC(=O)Nc1cc(Cl)ccc1N. The van der Waals surface area contributed by atoms with Gasteiger partial charge in [-0.15, -0.1) is 0 Å². The quantitative estimate of drug-likeness (QED) is 0.834. The van der Waals surface area contributed by atoms with Gasteiger partial charge in [0.2, 0.25) is 5.91 Å². The van der Waals surface area contributed by atoms with Gasteiger partial charge >= 0.3 is 0 Å². The van der Waals surface area contributed by atoms with Crippen LogP contribution in [0.4, 0.5) is 11.4 Å². The topological polar surface area (TPSA) is 67.6 Å². The first kappa shape index (κ1) is 15.1. The van der Waals surface area contributed by atoms with Gasteiger partial charge in [-0.1, -0.05) is 11.6 Å². The van der Waals surface area contributed by atoms with E-state index < -0.39 is 0 Å². The summed E-state index contributed by atoms with van der Waals surface area (Å²) in [6, 6.07) is 5.29. The molecule has 3 N–H and O–H groups in total. The lowest BCUT2D eigenvalue weighted by Gasteiger charge is -2.25. The number of halogens is 1. The summed E-state index contributed by atoms with van der Waals surface area (Å²) >= 11 is 5.89. The fraction of sp³-hybridized carbons (Fsp3) is 0.500. The van der Waals surface area contributed by atoms with Crippen LogP contribution in [0.3, 0.4) is 0 Å². The van der Waals surface area contributed by atoms with Gasteiger partial charge in [0.15, 0.2) is 0 Å². The van der Waals surface area contributed by atoms with Crippen LogP contribution in [0.2, 0.25) is 5.02 Å². The average Bonchev–Trinajstić information content (AvgIpc) is 2.80. The highest BCUT2D eigenvalue weighted by Gasteiger charge is 2.28. The van der Waals surface area contributed by atoms with Crippen molar-refractivity contribution in [2.75, 3.05) is 31.2 Å². The van der Waals surface area contributed by atoms with E-state index in [0.29, 0.717) is 22.9 Å². The molecule has 1 aliphatic rings. The smallest absolute Gasteiger partial charge is 0.238 e. The molecular weight excluding hydrogens is 278 g/mol. The lowest BCUT2D eigenvalue weighted by atomic mass is 10.1. The number of rotatable bonds is 4. The predicted octanol–water partition coefficient (Wildman–Crippen LogP) is 1.97. The molecule has 0 spiro atoms. The third kappa shape index (κ3) is 3.62. The number of carbonyl (C=O) groups is 1. The maximum Gasteiger partial charge on any atom is 0.238 e. The van der Waals surface area contributed by atoms with Gasteiger partial charge in [-0.05, 0) is 38.6 Å². The second-order valence-electron chi connectivity index (χ2n) is 5.13. The minimum absolute atomic E-state index is 0.111. The van der Waals surface area contributed by atoms with Gasteiger partial charge in [0.1, 0.15) is 0 Å². The number of nitrogen functional groups attached to an aromatic ring is 1. The molecule has 20 heavy (non-hydrogen) atoms. The van der Waals surface area contributed by atoms with Gasteiger partial charge in [0.25, 0.3) is 0 Å². The van der Waals surface area contributed by atoms with E-state index in [1.54, 1.807) is 18.2 Å². The van der Waals surface area contributed by atoms with Crippen LogP contribution in [0.1, 0.15) is 13.3 Å². The van der Waals surface area contributed by atoms with Crippen molar-refractivity contribution in [3.63, 3.8) is 0 Å². The summed E-state index contributed by atoms with van der Waals surface area (Å²) < 4.78 is 5.51. The predicted molar refractivity (Wildman–Crippen MR) is 80.9 cm³/mol. The first-order chi connectivity index (χ1) is 9.47. The molecule has 2 unspecified atom stereocenters. The number of benzene rings is 1. The fourth-order valence-electron chi connectivity index (χ4n) is 2.47. The largest absolute Gasteiger partial charge is 0.397 e. The Kier molecular flexibility index (Phi) is 4.86. The maximum absolute atomic E-state index is 12.1. The Bertz CT molecular complexity index is 495. The van der Waals surface area contributed by atoms with Gasteiger partial charge in [0.05, 0.1) is 24.0 Å². The normalized spacial score (nSPS) is 22.2. The Balaban J connectivity index is 1.93. The number of ether oxygens (including phenoxy) is 1. The van der Waals surface area contributed by atoms with Gasteiger partial charge in [0, 0.05) is 17.7 Å². The van der Waals surface area contributed by atoms with Crippen molar-refractivity contribution in [3.05, 3.63) is 23.2 Å². The third-order valence-corrected chi connectivity index (χ3v) is 3.82. The van der Waals surface area contributed by atoms with Crippen LogP contribution in [0.15, 0.2) is 18.2 Å². The first-order valence-corrected chi connectivity index (χ1v) is 7.02. The van der Waals surface area contributed by atoms with E-state index in [0.717, 1.165) is 13.0 Å². The van der Waals surface area contributed by atoms with Gasteiger partial charge < -0.3 is 15.8 Å². The van der Waals surface area contributed by atoms with E-state index in [2.05, 4.69) is 5.32 Å². The minimum atomic E-state index is -0.111. The summed E-state index contributed by atoms with van der Waals surface area (Å²) in [5, 5.41) is 3.33. The number of nitrogens with zero attached hydrogens (tertiary/aromatic N) is 1. The molecule has 2 atom stereocenters. The minimum Gasteiger partial charge on any atom is -0.397 e. The van der Waals surface area contributed by atoms with Crippen LogP contribution in [-0.4, -0.2) is 43.2 Å². The molecule has 0 saturated carbocycles. The molecule has 110 valence electrons. The Morgan fingerprint density at radius 3 is 3.00 bits per heavy atom. The zero-order valence-corrected chi connectivity index (χ0v) is 12.5. The fourth-order valence-corrected chi connectivity index (χ4v) is 2.64. The van der Waals surface area contributed by atoms with Crippen LogP contribution in [0.25, 0.3) is 0 Å². The van der Waals surface area contributed by atoms with E-state index in [4.69, 9.17) is 22.1 Å². The standard InChI is InChI=1S/C14H20ClN3O2/c1-9-13(5-6-20-9)18(2)8-14(19)17-12-7-10(15)3-4-11(12)16/h3-4,7,9,13H,5-6,8,16H2,1-2H3,(H,17,19). The molecule has 5 nitrogen and oxygen atoms in total. The lowest BCUT2D eigenvalue weighted by Crippen LogP contribution is -2.41. The van der Waals surface area contributed by atoms with Crippen LogP contribution < -0.4 is 11.1 Å². The van der Waals surface area contributed by atoms with E-state index in [9.17, 15) is 4.79 Å². The summed E-state index contributed by atoms with van der Waals surface area (Å²) in [6.07, 6.45) is 1.11. The van der Waals surface area contributed by atoms with Crippen molar-refractivity contribution < 1.29 is 9.53 Å². The summed E-state index contributed by atoms with van der Waals surface area (Å²) in [5.74, 6) is -0.111. The molecule has 1 aromatic rings. The Morgan fingerprint density at radius 2 is 2.35 bits per heavy atom. The second kappa shape index (κ2) is 6.43. The third-order valence-electron chi connectivity index (χ3n) is 3.58. The second-order valence-corrected chi connectivity index (χ2v) is 5.56. The van der Waals surface area contributed by atoms with E-state index in [-0.39, 0.29) is 18.1 Å². The summed E-state index contributed by atoms with van der Waals surface area (Å²) in [7, 11) is 1.93.